The van der Waals surface area contributed by atoms with E-state index in [-0.39, 0.29) is 11.3 Å². The maximum Gasteiger partial charge on any atom is 0.222 e. The molecule has 2 heterocycles. The molecule has 5 heteroatoms. The Balaban J connectivity index is 1.79. The van der Waals surface area contributed by atoms with Gasteiger partial charge in [-0.15, -0.1) is 0 Å². The first-order chi connectivity index (χ1) is 11.7. The first-order valence-electron chi connectivity index (χ1n) is 8.82. The van der Waals surface area contributed by atoms with E-state index in [1.54, 1.807) is 7.11 Å². The summed E-state index contributed by atoms with van der Waals surface area (Å²) < 4.78 is 17.0. The zero-order valence-electron chi connectivity index (χ0n) is 14.7. The van der Waals surface area contributed by atoms with Crippen LogP contribution in [-0.4, -0.2) is 44.3 Å². The molecule has 0 N–H and O–H groups in total. The van der Waals surface area contributed by atoms with Gasteiger partial charge in [-0.25, -0.2) is 0 Å². The number of rotatable bonds is 6. The van der Waals surface area contributed by atoms with Gasteiger partial charge in [-0.2, -0.15) is 0 Å². The molecular weight excluding hydrogens is 306 g/mol. The van der Waals surface area contributed by atoms with Crippen molar-refractivity contribution < 1.29 is 19.0 Å². The molecule has 24 heavy (non-hydrogen) atoms. The van der Waals surface area contributed by atoms with E-state index in [1.807, 2.05) is 23.1 Å². The largest absolute Gasteiger partial charge is 0.493 e. The number of hydrogen-bond donors (Lipinski definition) is 0. The smallest absolute Gasteiger partial charge is 0.222 e. The van der Waals surface area contributed by atoms with Crippen LogP contribution in [0.25, 0.3) is 0 Å². The molecule has 0 aromatic heterocycles. The molecule has 1 atom stereocenters. The van der Waals surface area contributed by atoms with Crippen LogP contribution in [0.15, 0.2) is 18.2 Å². The number of ether oxygens (including phenoxy) is 3. The SMILES string of the molecule is CCCOc1c(CN2C[C@@]3(CCOC3)CCC2=O)cccc1OC. The van der Waals surface area contributed by atoms with E-state index in [4.69, 9.17) is 14.2 Å². The average molecular weight is 333 g/mol. The van der Waals surface area contributed by atoms with Crippen molar-refractivity contribution >= 4 is 5.91 Å². The van der Waals surface area contributed by atoms with Gasteiger partial charge in [0.15, 0.2) is 11.5 Å². The van der Waals surface area contributed by atoms with E-state index in [1.165, 1.54) is 0 Å². The number of carbonyl (C=O) groups is 1. The molecule has 2 aliphatic rings. The van der Waals surface area contributed by atoms with Gasteiger partial charge in [0.1, 0.15) is 0 Å². The van der Waals surface area contributed by atoms with Crippen LogP contribution in [0.2, 0.25) is 0 Å². The van der Waals surface area contributed by atoms with Gasteiger partial charge in [-0.05, 0) is 25.3 Å². The Kier molecular flexibility index (Phi) is 5.29. The van der Waals surface area contributed by atoms with E-state index < -0.39 is 0 Å². The molecule has 0 bridgehead atoms. The second-order valence-electron chi connectivity index (χ2n) is 6.85. The summed E-state index contributed by atoms with van der Waals surface area (Å²) in [6, 6.07) is 5.88. The Morgan fingerprint density at radius 2 is 2.21 bits per heavy atom. The molecule has 5 nitrogen and oxygen atoms in total. The lowest BCUT2D eigenvalue weighted by Crippen LogP contribution is -2.46. The predicted molar refractivity (Wildman–Crippen MR) is 91.3 cm³/mol. The van der Waals surface area contributed by atoms with Crippen molar-refractivity contribution in [3.63, 3.8) is 0 Å². The third-order valence-electron chi connectivity index (χ3n) is 5.03. The van der Waals surface area contributed by atoms with Crippen molar-refractivity contribution in [2.24, 2.45) is 5.41 Å². The van der Waals surface area contributed by atoms with Crippen LogP contribution in [0.4, 0.5) is 0 Å². The van der Waals surface area contributed by atoms with Crippen LogP contribution in [0.1, 0.15) is 38.2 Å². The molecular formula is C19H27NO4. The van der Waals surface area contributed by atoms with Gasteiger partial charge in [0.25, 0.3) is 0 Å². The second-order valence-corrected chi connectivity index (χ2v) is 6.85. The third kappa shape index (κ3) is 3.51. The average Bonchev–Trinajstić information content (AvgIpc) is 3.05. The highest BCUT2D eigenvalue weighted by molar-refractivity contribution is 5.77. The van der Waals surface area contributed by atoms with Gasteiger partial charge >= 0.3 is 0 Å². The maximum absolute atomic E-state index is 12.4. The molecule has 1 amide bonds. The van der Waals surface area contributed by atoms with Gasteiger partial charge in [-0.1, -0.05) is 19.1 Å². The van der Waals surface area contributed by atoms with E-state index >= 15 is 0 Å². The number of nitrogens with zero attached hydrogens (tertiary/aromatic N) is 1. The number of amides is 1. The van der Waals surface area contributed by atoms with Crippen molar-refractivity contribution in [3.05, 3.63) is 23.8 Å². The van der Waals surface area contributed by atoms with Crippen molar-refractivity contribution in [1.29, 1.82) is 0 Å². The van der Waals surface area contributed by atoms with Gasteiger partial charge in [0, 0.05) is 37.1 Å². The molecule has 0 saturated carbocycles. The van der Waals surface area contributed by atoms with Crippen molar-refractivity contribution in [1.82, 2.24) is 4.90 Å². The lowest BCUT2D eigenvalue weighted by Gasteiger charge is -2.39. The Bertz CT molecular complexity index is 581. The molecule has 2 aliphatic heterocycles. The first-order valence-corrected chi connectivity index (χ1v) is 8.82. The zero-order valence-corrected chi connectivity index (χ0v) is 14.7. The molecule has 0 unspecified atom stereocenters. The van der Waals surface area contributed by atoms with Gasteiger partial charge in [-0.3, -0.25) is 4.79 Å². The summed E-state index contributed by atoms with van der Waals surface area (Å²) in [6.07, 6.45) is 3.53. The molecule has 132 valence electrons. The molecule has 3 rings (SSSR count). The summed E-state index contributed by atoms with van der Waals surface area (Å²) in [5, 5.41) is 0. The number of para-hydroxylation sites is 1. The predicted octanol–water partition coefficient (Wildman–Crippen LogP) is 3.01. The standard InChI is InChI=1S/C19H27NO4/c1-3-10-24-18-15(5-4-6-16(18)22-2)12-20-13-19(8-7-17(20)21)9-11-23-14-19/h4-6H,3,7-14H2,1-2H3/t19-/m0/s1. The highest BCUT2D eigenvalue weighted by Crippen LogP contribution is 2.39. The minimum atomic E-state index is 0.150. The summed E-state index contributed by atoms with van der Waals surface area (Å²) >= 11 is 0. The summed E-state index contributed by atoms with van der Waals surface area (Å²) in [4.78, 5) is 14.4. The van der Waals surface area contributed by atoms with Crippen molar-refractivity contribution in [2.75, 3.05) is 33.5 Å². The summed E-state index contributed by atoms with van der Waals surface area (Å²) in [5.74, 6) is 1.71. The third-order valence-corrected chi connectivity index (χ3v) is 5.03. The molecule has 1 spiro atoms. The monoisotopic (exact) mass is 333 g/mol. The molecule has 1 aromatic carbocycles. The van der Waals surface area contributed by atoms with Crippen LogP contribution in [-0.2, 0) is 16.1 Å². The number of piperidine rings is 1. The topological polar surface area (TPSA) is 48.0 Å². The quantitative estimate of drug-likeness (QED) is 0.803. The van der Waals surface area contributed by atoms with Gasteiger partial charge < -0.3 is 19.1 Å². The Morgan fingerprint density at radius 3 is 2.92 bits per heavy atom. The number of carbonyl (C=O) groups excluding carboxylic acids is 1. The zero-order chi connectivity index (χ0) is 17.0. The second kappa shape index (κ2) is 7.43. The number of hydrogen-bond acceptors (Lipinski definition) is 4. The lowest BCUT2D eigenvalue weighted by atomic mass is 9.79. The van der Waals surface area contributed by atoms with Gasteiger partial charge in [0.2, 0.25) is 5.91 Å². The molecule has 0 radical (unpaired) electrons. The molecule has 1 aromatic rings. The molecule has 2 saturated heterocycles. The fraction of sp³-hybridized carbons (Fsp3) is 0.632. The summed E-state index contributed by atoms with van der Waals surface area (Å²) in [7, 11) is 1.65. The fourth-order valence-corrected chi connectivity index (χ4v) is 3.64. The van der Waals surface area contributed by atoms with E-state index in [2.05, 4.69) is 6.92 Å². The van der Waals surface area contributed by atoms with Crippen molar-refractivity contribution in [3.8, 4) is 11.5 Å². The fourth-order valence-electron chi connectivity index (χ4n) is 3.64. The maximum atomic E-state index is 12.4. The molecule has 0 aliphatic carbocycles. The highest BCUT2D eigenvalue weighted by Gasteiger charge is 2.41. The van der Waals surface area contributed by atoms with Crippen LogP contribution in [0, 0.1) is 5.41 Å². The molecule has 2 fully saturated rings. The van der Waals surface area contributed by atoms with E-state index in [9.17, 15) is 4.79 Å². The van der Waals surface area contributed by atoms with E-state index in [0.29, 0.717) is 19.6 Å². The summed E-state index contributed by atoms with van der Waals surface area (Å²) in [5.41, 5.74) is 1.16. The van der Waals surface area contributed by atoms with Crippen LogP contribution >= 0.6 is 0 Å². The van der Waals surface area contributed by atoms with Crippen molar-refractivity contribution in [2.45, 2.75) is 39.2 Å². The first kappa shape index (κ1) is 17.1. The van der Waals surface area contributed by atoms with Crippen LogP contribution in [0.3, 0.4) is 0 Å². The van der Waals surface area contributed by atoms with Crippen LogP contribution < -0.4 is 9.47 Å². The normalized spacial score (nSPS) is 23.8. The Labute approximate surface area is 143 Å². The number of benzene rings is 1. The number of methoxy groups -OCH3 is 1. The highest BCUT2D eigenvalue weighted by atomic mass is 16.5. The van der Waals surface area contributed by atoms with Crippen LogP contribution in [0.5, 0.6) is 11.5 Å². The van der Waals surface area contributed by atoms with E-state index in [0.717, 1.165) is 56.1 Å². The minimum absolute atomic E-state index is 0.150. The lowest BCUT2D eigenvalue weighted by molar-refractivity contribution is -0.138. The van der Waals surface area contributed by atoms with Gasteiger partial charge in [0.05, 0.1) is 20.3 Å². The number of likely N-dealkylation sites (tertiary alicyclic amines) is 1. The Hall–Kier alpha value is -1.75. The summed E-state index contributed by atoms with van der Waals surface area (Å²) in [6.45, 7) is 5.64. The minimum Gasteiger partial charge on any atom is -0.493 e. The Morgan fingerprint density at radius 1 is 1.33 bits per heavy atom.